The lowest BCUT2D eigenvalue weighted by molar-refractivity contribution is 0.0168. The van der Waals surface area contributed by atoms with Crippen LogP contribution in [0.3, 0.4) is 0 Å². The Morgan fingerprint density at radius 2 is 2.00 bits per heavy atom. The number of hydrogen-bond donors (Lipinski definition) is 1. The van der Waals surface area contributed by atoms with Gasteiger partial charge in [-0.1, -0.05) is 12.1 Å². The summed E-state index contributed by atoms with van der Waals surface area (Å²) >= 11 is 0. The van der Waals surface area contributed by atoms with Crippen LogP contribution in [0.4, 0.5) is 0 Å². The van der Waals surface area contributed by atoms with Gasteiger partial charge in [-0.25, -0.2) is 0 Å². The van der Waals surface area contributed by atoms with Crippen LogP contribution in [-0.4, -0.2) is 56.7 Å². The molecule has 1 aromatic carbocycles. The SMILES string of the molecule is COc1cccc(C(CN)N(C)CC2(N(C)C)CCC2)c1. The summed E-state index contributed by atoms with van der Waals surface area (Å²) in [5, 5.41) is 0. The fourth-order valence-electron chi connectivity index (χ4n) is 3.33. The van der Waals surface area contributed by atoms with Crippen molar-refractivity contribution in [2.45, 2.75) is 30.8 Å². The van der Waals surface area contributed by atoms with E-state index in [1.54, 1.807) is 7.11 Å². The van der Waals surface area contributed by atoms with Gasteiger partial charge in [0.2, 0.25) is 0 Å². The number of rotatable bonds is 7. The zero-order valence-electron chi connectivity index (χ0n) is 13.8. The third kappa shape index (κ3) is 3.39. The van der Waals surface area contributed by atoms with Gasteiger partial charge in [-0.05, 0) is 58.1 Å². The van der Waals surface area contributed by atoms with Gasteiger partial charge in [-0.2, -0.15) is 0 Å². The summed E-state index contributed by atoms with van der Waals surface area (Å²) in [6.07, 6.45) is 3.89. The number of hydrogen-bond acceptors (Lipinski definition) is 4. The zero-order chi connectivity index (χ0) is 15.5. The minimum Gasteiger partial charge on any atom is -0.497 e. The highest BCUT2D eigenvalue weighted by Crippen LogP contribution is 2.38. The second-order valence-electron chi connectivity index (χ2n) is 6.42. The Kier molecular flexibility index (Phi) is 5.25. The van der Waals surface area contributed by atoms with Gasteiger partial charge in [0.15, 0.2) is 0 Å². The zero-order valence-corrected chi connectivity index (χ0v) is 13.8. The third-order valence-electron chi connectivity index (χ3n) is 5.01. The van der Waals surface area contributed by atoms with Gasteiger partial charge in [0.1, 0.15) is 5.75 Å². The van der Waals surface area contributed by atoms with Gasteiger partial charge < -0.3 is 15.4 Å². The molecule has 21 heavy (non-hydrogen) atoms. The highest BCUT2D eigenvalue weighted by Gasteiger charge is 2.40. The molecule has 1 saturated carbocycles. The molecule has 4 nitrogen and oxygen atoms in total. The number of ether oxygens (including phenoxy) is 1. The van der Waals surface area contributed by atoms with E-state index >= 15 is 0 Å². The standard InChI is InChI=1S/C17H29N3O/c1-19(2)17(9-6-10-17)13-20(3)16(12-18)14-7-5-8-15(11-14)21-4/h5,7-8,11,16H,6,9-10,12-13,18H2,1-4H3. The summed E-state index contributed by atoms with van der Waals surface area (Å²) in [6.45, 7) is 1.67. The van der Waals surface area contributed by atoms with Crippen molar-refractivity contribution in [3.8, 4) is 5.75 Å². The quantitative estimate of drug-likeness (QED) is 0.835. The molecule has 2 rings (SSSR count). The molecule has 0 spiro atoms. The van der Waals surface area contributed by atoms with E-state index in [1.165, 1.54) is 24.8 Å². The van der Waals surface area contributed by atoms with E-state index in [0.29, 0.717) is 12.1 Å². The first-order valence-electron chi connectivity index (χ1n) is 7.74. The molecule has 118 valence electrons. The fourth-order valence-corrected chi connectivity index (χ4v) is 3.33. The average molecular weight is 291 g/mol. The minimum absolute atomic E-state index is 0.234. The highest BCUT2D eigenvalue weighted by molar-refractivity contribution is 5.30. The number of benzene rings is 1. The summed E-state index contributed by atoms with van der Waals surface area (Å²) in [5.74, 6) is 0.894. The van der Waals surface area contributed by atoms with Gasteiger partial charge in [0, 0.05) is 24.7 Å². The summed E-state index contributed by atoms with van der Waals surface area (Å²) in [5.41, 5.74) is 7.61. The van der Waals surface area contributed by atoms with Crippen LogP contribution in [0.5, 0.6) is 5.75 Å². The molecule has 0 heterocycles. The largest absolute Gasteiger partial charge is 0.497 e. The van der Waals surface area contributed by atoms with Crippen LogP contribution in [0.25, 0.3) is 0 Å². The molecule has 1 fully saturated rings. The monoisotopic (exact) mass is 291 g/mol. The minimum atomic E-state index is 0.234. The van der Waals surface area contributed by atoms with Crippen molar-refractivity contribution in [3.63, 3.8) is 0 Å². The maximum Gasteiger partial charge on any atom is 0.119 e. The van der Waals surface area contributed by atoms with Crippen molar-refractivity contribution in [2.75, 3.05) is 41.3 Å². The number of nitrogens with zero attached hydrogens (tertiary/aromatic N) is 2. The second kappa shape index (κ2) is 6.77. The van der Waals surface area contributed by atoms with Gasteiger partial charge >= 0.3 is 0 Å². The van der Waals surface area contributed by atoms with Gasteiger partial charge in [0.05, 0.1) is 7.11 Å². The van der Waals surface area contributed by atoms with E-state index in [2.05, 4.69) is 43.1 Å². The Hall–Kier alpha value is -1.10. The van der Waals surface area contributed by atoms with Crippen LogP contribution >= 0.6 is 0 Å². The molecular weight excluding hydrogens is 262 g/mol. The van der Waals surface area contributed by atoms with E-state index in [9.17, 15) is 0 Å². The molecule has 1 unspecified atom stereocenters. The van der Waals surface area contributed by atoms with Crippen molar-refractivity contribution in [2.24, 2.45) is 5.73 Å². The van der Waals surface area contributed by atoms with Gasteiger partial charge in [-0.15, -0.1) is 0 Å². The topological polar surface area (TPSA) is 41.7 Å². The summed E-state index contributed by atoms with van der Waals surface area (Å²) < 4.78 is 5.33. The first-order chi connectivity index (χ1) is 10.0. The molecule has 0 aromatic heterocycles. The Balaban J connectivity index is 2.12. The predicted molar refractivity (Wildman–Crippen MR) is 87.7 cm³/mol. The van der Waals surface area contributed by atoms with Crippen LogP contribution in [0, 0.1) is 0 Å². The molecule has 0 bridgehead atoms. The molecule has 2 N–H and O–H groups in total. The van der Waals surface area contributed by atoms with E-state index in [1.807, 2.05) is 12.1 Å². The summed E-state index contributed by atoms with van der Waals surface area (Å²) in [7, 11) is 8.27. The van der Waals surface area contributed by atoms with Crippen LogP contribution in [0.15, 0.2) is 24.3 Å². The predicted octanol–water partition coefficient (Wildman–Crippen LogP) is 2.11. The van der Waals surface area contributed by atoms with Crippen molar-refractivity contribution in [1.82, 2.24) is 9.80 Å². The van der Waals surface area contributed by atoms with Crippen LogP contribution in [-0.2, 0) is 0 Å². The summed E-state index contributed by atoms with van der Waals surface area (Å²) in [6, 6.07) is 8.48. The maximum absolute atomic E-state index is 6.06. The van der Waals surface area contributed by atoms with Crippen LogP contribution < -0.4 is 10.5 Å². The van der Waals surface area contributed by atoms with Crippen molar-refractivity contribution < 1.29 is 4.74 Å². The smallest absolute Gasteiger partial charge is 0.119 e. The first kappa shape index (κ1) is 16.3. The van der Waals surface area contributed by atoms with E-state index < -0.39 is 0 Å². The van der Waals surface area contributed by atoms with Crippen molar-refractivity contribution >= 4 is 0 Å². The summed E-state index contributed by atoms with van der Waals surface area (Å²) in [4.78, 5) is 4.78. The van der Waals surface area contributed by atoms with Crippen molar-refractivity contribution in [3.05, 3.63) is 29.8 Å². The molecule has 0 amide bonds. The van der Waals surface area contributed by atoms with E-state index in [-0.39, 0.29) is 6.04 Å². The molecule has 1 aliphatic rings. The first-order valence-corrected chi connectivity index (χ1v) is 7.74. The molecule has 4 heteroatoms. The Bertz CT molecular complexity index is 457. The number of likely N-dealkylation sites (N-methyl/N-ethyl adjacent to an activating group) is 2. The van der Waals surface area contributed by atoms with Crippen molar-refractivity contribution in [1.29, 1.82) is 0 Å². The number of nitrogens with two attached hydrogens (primary N) is 1. The Morgan fingerprint density at radius 3 is 2.48 bits per heavy atom. The molecule has 1 aromatic rings. The molecular formula is C17H29N3O. The van der Waals surface area contributed by atoms with Crippen LogP contribution in [0.2, 0.25) is 0 Å². The Labute approximate surface area is 128 Å². The number of methoxy groups -OCH3 is 1. The van der Waals surface area contributed by atoms with E-state index in [4.69, 9.17) is 10.5 Å². The Morgan fingerprint density at radius 1 is 1.29 bits per heavy atom. The molecule has 0 radical (unpaired) electrons. The fraction of sp³-hybridized carbons (Fsp3) is 0.647. The molecule has 0 saturated heterocycles. The van der Waals surface area contributed by atoms with Gasteiger partial charge in [0.25, 0.3) is 0 Å². The molecule has 1 aliphatic carbocycles. The van der Waals surface area contributed by atoms with Crippen LogP contribution in [0.1, 0.15) is 30.9 Å². The highest BCUT2D eigenvalue weighted by atomic mass is 16.5. The lowest BCUT2D eigenvalue weighted by Gasteiger charge is -2.50. The maximum atomic E-state index is 6.06. The third-order valence-corrected chi connectivity index (χ3v) is 5.01. The van der Waals surface area contributed by atoms with E-state index in [0.717, 1.165) is 12.3 Å². The molecule has 0 aliphatic heterocycles. The normalized spacial score (nSPS) is 18.6. The molecule has 1 atom stereocenters. The second-order valence-corrected chi connectivity index (χ2v) is 6.42. The van der Waals surface area contributed by atoms with Gasteiger partial charge in [-0.3, -0.25) is 4.90 Å². The average Bonchev–Trinajstić information content (AvgIpc) is 2.43. The lowest BCUT2D eigenvalue weighted by Crippen LogP contribution is -2.57. The lowest BCUT2D eigenvalue weighted by atomic mass is 9.75.